The molecule has 21 heavy (non-hydrogen) atoms. The maximum atomic E-state index is 11.9. The zero-order valence-electron chi connectivity index (χ0n) is 10.7. The lowest BCUT2D eigenvalue weighted by molar-refractivity contribution is -0.384. The van der Waals surface area contributed by atoms with Gasteiger partial charge in [0.25, 0.3) is 11.2 Å². The predicted molar refractivity (Wildman–Crippen MR) is 79.8 cm³/mol. The molecule has 0 aliphatic carbocycles. The van der Waals surface area contributed by atoms with Crippen LogP contribution in [0.5, 0.6) is 0 Å². The fraction of sp³-hybridized carbons (Fsp3) is 0.0714. The van der Waals surface area contributed by atoms with E-state index in [0.29, 0.717) is 22.5 Å². The van der Waals surface area contributed by atoms with E-state index >= 15 is 0 Å². The Labute approximate surface area is 123 Å². The molecular formula is C14H10ClN3O3. The summed E-state index contributed by atoms with van der Waals surface area (Å²) in [6.45, 7) is 0.452. The minimum Gasteiger partial charge on any atom is -0.280 e. The van der Waals surface area contributed by atoms with Gasteiger partial charge in [0.2, 0.25) is 0 Å². The molecule has 7 heteroatoms. The molecule has 0 amide bonds. The maximum Gasteiger partial charge on any atom is 0.272 e. The third-order valence-corrected chi connectivity index (χ3v) is 3.47. The number of aromatic amines is 1. The minimum atomic E-state index is -0.518. The number of nitrogens with one attached hydrogen (secondary N) is 1. The number of nitrogens with zero attached hydrogens (tertiary/aromatic N) is 2. The van der Waals surface area contributed by atoms with E-state index in [0.717, 1.165) is 5.56 Å². The van der Waals surface area contributed by atoms with Gasteiger partial charge in [-0.15, -0.1) is 0 Å². The van der Waals surface area contributed by atoms with Crippen molar-refractivity contribution in [2.24, 2.45) is 0 Å². The summed E-state index contributed by atoms with van der Waals surface area (Å²) in [7, 11) is 0. The van der Waals surface area contributed by atoms with Gasteiger partial charge in [0, 0.05) is 17.2 Å². The van der Waals surface area contributed by atoms with E-state index in [1.807, 2.05) is 12.1 Å². The molecule has 0 saturated carbocycles. The first-order valence-corrected chi connectivity index (χ1v) is 6.54. The number of hydrogen-bond donors (Lipinski definition) is 1. The van der Waals surface area contributed by atoms with Gasteiger partial charge in [0.15, 0.2) is 0 Å². The van der Waals surface area contributed by atoms with Crippen molar-refractivity contribution in [3.63, 3.8) is 0 Å². The molecule has 6 nitrogen and oxygen atoms in total. The fourth-order valence-corrected chi connectivity index (χ4v) is 2.32. The first-order chi connectivity index (χ1) is 10.0. The largest absolute Gasteiger partial charge is 0.280 e. The number of fused-ring (bicyclic) bond motifs is 1. The van der Waals surface area contributed by atoms with Crippen LogP contribution in [0.4, 0.5) is 5.69 Å². The van der Waals surface area contributed by atoms with Crippen LogP contribution in [0.1, 0.15) is 5.56 Å². The molecule has 0 saturated heterocycles. The highest BCUT2D eigenvalue weighted by atomic mass is 35.5. The van der Waals surface area contributed by atoms with Gasteiger partial charge in [0.1, 0.15) is 0 Å². The standard InChI is InChI=1S/C14H10ClN3O3/c15-10-3-1-9(2-4-10)8-17-13-6-5-11(18(20)21)7-12(13)14(19)16-17/h1-7H,8H2,(H,16,19). The van der Waals surface area contributed by atoms with Crippen LogP contribution >= 0.6 is 11.6 Å². The summed E-state index contributed by atoms with van der Waals surface area (Å²) >= 11 is 5.83. The summed E-state index contributed by atoms with van der Waals surface area (Å²) in [5, 5.41) is 14.4. The van der Waals surface area contributed by atoms with Crippen molar-refractivity contribution in [1.82, 2.24) is 9.78 Å². The van der Waals surface area contributed by atoms with Gasteiger partial charge in [-0.2, -0.15) is 0 Å². The highest BCUT2D eigenvalue weighted by molar-refractivity contribution is 6.30. The molecule has 0 fully saturated rings. The minimum absolute atomic E-state index is 0.0998. The second-order valence-corrected chi connectivity index (χ2v) is 5.05. The lowest BCUT2D eigenvalue weighted by atomic mass is 10.2. The van der Waals surface area contributed by atoms with E-state index in [1.165, 1.54) is 12.1 Å². The fourth-order valence-electron chi connectivity index (χ4n) is 2.19. The average Bonchev–Trinajstić information content (AvgIpc) is 2.77. The third kappa shape index (κ3) is 2.53. The molecule has 3 rings (SSSR count). The van der Waals surface area contributed by atoms with Crippen LogP contribution in [-0.4, -0.2) is 14.7 Å². The van der Waals surface area contributed by atoms with Gasteiger partial charge in [-0.1, -0.05) is 23.7 Å². The Morgan fingerprint density at radius 2 is 1.90 bits per heavy atom. The van der Waals surface area contributed by atoms with Crippen molar-refractivity contribution in [2.45, 2.75) is 6.54 Å². The van der Waals surface area contributed by atoms with Crippen molar-refractivity contribution in [1.29, 1.82) is 0 Å². The highest BCUT2D eigenvalue weighted by Gasteiger charge is 2.12. The molecule has 0 aliphatic heterocycles. The molecule has 106 valence electrons. The van der Waals surface area contributed by atoms with Crippen LogP contribution in [-0.2, 0) is 6.54 Å². The van der Waals surface area contributed by atoms with Gasteiger partial charge >= 0.3 is 0 Å². The van der Waals surface area contributed by atoms with Crippen LogP contribution in [0.2, 0.25) is 5.02 Å². The number of hydrogen-bond acceptors (Lipinski definition) is 3. The van der Waals surface area contributed by atoms with E-state index in [1.54, 1.807) is 22.9 Å². The first kappa shape index (κ1) is 13.4. The molecule has 1 aromatic heterocycles. The molecule has 0 atom stereocenters. The summed E-state index contributed by atoms with van der Waals surface area (Å²) in [6.07, 6.45) is 0. The van der Waals surface area contributed by atoms with Crippen molar-refractivity contribution in [3.05, 3.63) is 73.5 Å². The number of nitro benzene ring substituents is 1. The van der Waals surface area contributed by atoms with Crippen LogP contribution in [0, 0.1) is 10.1 Å². The van der Waals surface area contributed by atoms with E-state index in [9.17, 15) is 14.9 Å². The molecule has 0 unspecified atom stereocenters. The summed E-state index contributed by atoms with van der Waals surface area (Å²) < 4.78 is 1.66. The number of H-pyrrole nitrogens is 1. The van der Waals surface area contributed by atoms with Crippen LogP contribution in [0.15, 0.2) is 47.3 Å². The number of non-ortho nitro benzene ring substituents is 1. The zero-order valence-corrected chi connectivity index (χ0v) is 11.5. The topological polar surface area (TPSA) is 80.9 Å². The molecule has 0 radical (unpaired) electrons. The summed E-state index contributed by atoms with van der Waals surface area (Å²) in [4.78, 5) is 22.1. The lowest BCUT2D eigenvalue weighted by Crippen LogP contribution is -2.06. The Hall–Kier alpha value is -2.60. The Bertz CT molecular complexity index is 881. The second-order valence-electron chi connectivity index (χ2n) is 4.61. The van der Waals surface area contributed by atoms with Crippen LogP contribution in [0.25, 0.3) is 10.9 Å². The SMILES string of the molecule is O=c1[nH]n(Cc2ccc(Cl)cc2)c2ccc([N+](=O)[O-])cc12. The molecule has 0 spiro atoms. The quantitative estimate of drug-likeness (QED) is 0.596. The van der Waals surface area contributed by atoms with E-state index in [2.05, 4.69) is 5.10 Å². The normalized spacial score (nSPS) is 10.9. The molecule has 3 aromatic rings. The Balaban J connectivity index is 2.05. The van der Waals surface area contributed by atoms with Gasteiger partial charge < -0.3 is 0 Å². The van der Waals surface area contributed by atoms with Crippen molar-refractivity contribution in [2.75, 3.05) is 0 Å². The second kappa shape index (κ2) is 5.06. The average molecular weight is 304 g/mol. The summed E-state index contributed by atoms with van der Waals surface area (Å²) in [5.41, 5.74) is 1.14. The van der Waals surface area contributed by atoms with Crippen molar-refractivity contribution in [3.8, 4) is 0 Å². The molecule has 2 aromatic carbocycles. The third-order valence-electron chi connectivity index (χ3n) is 3.22. The first-order valence-electron chi connectivity index (χ1n) is 6.16. The van der Waals surface area contributed by atoms with Gasteiger partial charge in [0.05, 0.1) is 22.4 Å². The van der Waals surface area contributed by atoms with Gasteiger partial charge in [-0.05, 0) is 23.8 Å². The smallest absolute Gasteiger partial charge is 0.272 e. The molecule has 0 aliphatic rings. The van der Waals surface area contributed by atoms with Crippen LogP contribution in [0.3, 0.4) is 0 Å². The number of benzene rings is 2. The number of aromatic nitrogens is 2. The molecule has 0 bridgehead atoms. The van der Waals surface area contributed by atoms with Gasteiger partial charge in [-0.25, -0.2) is 0 Å². The highest BCUT2D eigenvalue weighted by Crippen LogP contribution is 2.19. The lowest BCUT2D eigenvalue weighted by Gasteiger charge is -2.05. The maximum absolute atomic E-state index is 11.9. The number of rotatable bonds is 3. The monoisotopic (exact) mass is 303 g/mol. The Morgan fingerprint density at radius 1 is 1.19 bits per heavy atom. The van der Waals surface area contributed by atoms with Crippen LogP contribution < -0.4 is 5.56 Å². The molecule has 1 N–H and O–H groups in total. The van der Waals surface area contributed by atoms with E-state index < -0.39 is 4.92 Å². The molecular weight excluding hydrogens is 294 g/mol. The molecule has 1 heterocycles. The zero-order chi connectivity index (χ0) is 15.0. The van der Waals surface area contributed by atoms with E-state index in [-0.39, 0.29) is 11.2 Å². The Kier molecular flexibility index (Phi) is 3.23. The van der Waals surface area contributed by atoms with Gasteiger partial charge in [-0.3, -0.25) is 24.7 Å². The number of nitro groups is 1. The number of halogens is 1. The van der Waals surface area contributed by atoms with E-state index in [4.69, 9.17) is 11.6 Å². The predicted octanol–water partition coefficient (Wildman–Crippen LogP) is 2.94. The summed E-state index contributed by atoms with van der Waals surface area (Å²) in [6, 6.07) is 11.5. The van der Waals surface area contributed by atoms with Crippen molar-refractivity contribution >= 4 is 28.2 Å². The summed E-state index contributed by atoms with van der Waals surface area (Å²) in [5.74, 6) is 0. The van der Waals surface area contributed by atoms with Crippen molar-refractivity contribution < 1.29 is 4.92 Å². The Morgan fingerprint density at radius 3 is 2.57 bits per heavy atom.